The van der Waals surface area contributed by atoms with Gasteiger partial charge in [0.05, 0.1) is 0 Å². The van der Waals surface area contributed by atoms with Gasteiger partial charge >= 0.3 is 0 Å². The summed E-state index contributed by atoms with van der Waals surface area (Å²) in [4.78, 5) is 1.84. The highest BCUT2D eigenvalue weighted by molar-refractivity contribution is 5.52. The van der Waals surface area contributed by atoms with Gasteiger partial charge in [-0.15, -0.1) is 0 Å². The second-order valence-electron chi connectivity index (χ2n) is 5.93. The van der Waals surface area contributed by atoms with Crippen LogP contribution in [0.3, 0.4) is 0 Å². The van der Waals surface area contributed by atoms with E-state index in [0.717, 1.165) is 6.42 Å². The van der Waals surface area contributed by atoms with Gasteiger partial charge in [-0.2, -0.15) is 0 Å². The van der Waals surface area contributed by atoms with E-state index in [9.17, 15) is 8.78 Å². The van der Waals surface area contributed by atoms with Gasteiger partial charge in [0.2, 0.25) is 0 Å². The minimum Gasteiger partial charge on any atom is -0.364 e. The summed E-state index contributed by atoms with van der Waals surface area (Å²) < 4.78 is 28.4. The largest absolute Gasteiger partial charge is 0.364 e. The van der Waals surface area contributed by atoms with E-state index < -0.39 is 11.6 Å². The summed E-state index contributed by atoms with van der Waals surface area (Å²) in [6, 6.07) is 2.91. The molecular weight excluding hydrogens is 246 g/mol. The van der Waals surface area contributed by atoms with E-state index in [1.54, 1.807) is 0 Å². The van der Waals surface area contributed by atoms with Crippen LogP contribution >= 0.6 is 0 Å². The van der Waals surface area contributed by atoms with Crippen LogP contribution in [0.25, 0.3) is 0 Å². The second-order valence-corrected chi connectivity index (χ2v) is 5.93. The maximum absolute atomic E-state index is 14.2. The number of benzene rings is 1. The molecule has 1 saturated heterocycles. The van der Waals surface area contributed by atoms with Crippen molar-refractivity contribution in [2.45, 2.75) is 45.7 Å². The van der Waals surface area contributed by atoms with Crippen molar-refractivity contribution in [1.82, 2.24) is 0 Å². The van der Waals surface area contributed by atoms with Crippen LogP contribution in [0.4, 0.5) is 14.5 Å². The fraction of sp³-hybridized carbons (Fsp3) is 0.600. The molecule has 1 aliphatic heterocycles. The molecule has 1 fully saturated rings. The molecule has 19 heavy (non-hydrogen) atoms. The smallest absolute Gasteiger partial charge is 0.149 e. The molecular formula is C15H22F2N2. The summed E-state index contributed by atoms with van der Waals surface area (Å²) in [5, 5.41) is 0. The average molecular weight is 268 g/mol. The highest BCUT2D eigenvalue weighted by Gasteiger charge is 2.30. The van der Waals surface area contributed by atoms with Crippen LogP contribution in [-0.4, -0.2) is 18.6 Å². The highest BCUT2D eigenvalue weighted by atomic mass is 19.1. The molecule has 0 saturated carbocycles. The van der Waals surface area contributed by atoms with Crippen LogP contribution in [0.2, 0.25) is 0 Å². The van der Waals surface area contributed by atoms with Crippen LogP contribution in [-0.2, 0) is 6.42 Å². The molecule has 1 aromatic carbocycles. The van der Waals surface area contributed by atoms with E-state index in [0.29, 0.717) is 24.4 Å². The van der Waals surface area contributed by atoms with Gasteiger partial charge in [0.15, 0.2) is 0 Å². The number of hydrogen-bond acceptors (Lipinski definition) is 2. The van der Waals surface area contributed by atoms with Gasteiger partial charge in [-0.1, -0.05) is 6.92 Å². The maximum Gasteiger partial charge on any atom is 0.149 e. The molecule has 0 spiro atoms. The van der Waals surface area contributed by atoms with Crippen molar-refractivity contribution >= 4 is 5.69 Å². The van der Waals surface area contributed by atoms with Crippen LogP contribution in [0.5, 0.6) is 0 Å². The van der Waals surface area contributed by atoms with E-state index in [1.807, 2.05) is 18.7 Å². The van der Waals surface area contributed by atoms with Gasteiger partial charge in [0.1, 0.15) is 17.3 Å². The van der Waals surface area contributed by atoms with Gasteiger partial charge < -0.3 is 10.6 Å². The number of nitrogens with two attached hydrogens (primary N) is 1. The first-order chi connectivity index (χ1) is 8.88. The molecule has 0 aliphatic carbocycles. The Kier molecular flexibility index (Phi) is 4.09. The first-order valence-electron chi connectivity index (χ1n) is 6.88. The van der Waals surface area contributed by atoms with Crippen LogP contribution in [0.1, 0.15) is 32.8 Å². The standard InChI is InChI=1S/C15H22F2N2/c1-9-4-11(3)19(8-9)15-13(16)6-12(5-10(2)18)7-14(15)17/h6-7,9-11H,4-5,8,18H2,1-3H3. The van der Waals surface area contributed by atoms with Crippen LogP contribution in [0, 0.1) is 17.6 Å². The molecule has 3 atom stereocenters. The Balaban J connectivity index is 2.31. The fourth-order valence-electron chi connectivity index (χ4n) is 2.99. The molecule has 2 N–H and O–H groups in total. The third-order valence-electron chi connectivity index (χ3n) is 3.71. The second kappa shape index (κ2) is 5.45. The van der Waals surface area contributed by atoms with E-state index in [4.69, 9.17) is 5.73 Å². The predicted molar refractivity (Wildman–Crippen MR) is 74.3 cm³/mol. The molecule has 1 aromatic rings. The van der Waals surface area contributed by atoms with Gasteiger partial charge in [0, 0.05) is 18.6 Å². The Morgan fingerprint density at radius 1 is 1.32 bits per heavy atom. The molecule has 1 heterocycles. The lowest BCUT2D eigenvalue weighted by Crippen LogP contribution is -2.29. The van der Waals surface area contributed by atoms with Crippen molar-refractivity contribution in [3.05, 3.63) is 29.3 Å². The number of nitrogens with zero attached hydrogens (tertiary/aromatic N) is 1. The zero-order valence-electron chi connectivity index (χ0n) is 11.8. The van der Waals surface area contributed by atoms with Crippen molar-refractivity contribution in [3.8, 4) is 0 Å². The lowest BCUT2D eigenvalue weighted by atomic mass is 10.1. The Labute approximate surface area is 113 Å². The first kappa shape index (κ1) is 14.3. The Bertz CT molecular complexity index is 436. The predicted octanol–water partition coefficient (Wildman–Crippen LogP) is 3.09. The van der Waals surface area contributed by atoms with Crippen LogP contribution in [0.15, 0.2) is 12.1 Å². The topological polar surface area (TPSA) is 29.3 Å². The summed E-state index contributed by atoms with van der Waals surface area (Å²) in [5.41, 5.74) is 6.40. The van der Waals surface area contributed by atoms with Gasteiger partial charge in [-0.3, -0.25) is 0 Å². The lowest BCUT2D eigenvalue weighted by Gasteiger charge is -2.25. The number of rotatable bonds is 3. The van der Waals surface area contributed by atoms with E-state index in [-0.39, 0.29) is 17.8 Å². The summed E-state index contributed by atoms with van der Waals surface area (Å²) >= 11 is 0. The average Bonchev–Trinajstić information content (AvgIpc) is 2.55. The molecule has 0 radical (unpaired) electrons. The molecule has 0 aromatic heterocycles. The lowest BCUT2D eigenvalue weighted by molar-refractivity contribution is 0.562. The summed E-state index contributed by atoms with van der Waals surface area (Å²) in [6.45, 7) is 6.66. The van der Waals surface area contributed by atoms with Crippen LogP contribution < -0.4 is 10.6 Å². The summed E-state index contributed by atoms with van der Waals surface area (Å²) in [5.74, 6) is -0.481. The third-order valence-corrected chi connectivity index (χ3v) is 3.71. The maximum atomic E-state index is 14.2. The summed E-state index contributed by atoms with van der Waals surface area (Å²) in [7, 11) is 0. The van der Waals surface area contributed by atoms with Crippen molar-refractivity contribution in [2.75, 3.05) is 11.4 Å². The quantitative estimate of drug-likeness (QED) is 0.912. The van der Waals surface area contributed by atoms with Crippen molar-refractivity contribution in [3.63, 3.8) is 0 Å². The van der Waals surface area contributed by atoms with Crippen molar-refractivity contribution in [2.24, 2.45) is 11.7 Å². The number of anilines is 1. The van der Waals surface area contributed by atoms with Crippen molar-refractivity contribution in [1.29, 1.82) is 0 Å². The molecule has 0 bridgehead atoms. The normalized spacial score (nSPS) is 24.8. The van der Waals surface area contributed by atoms with Crippen molar-refractivity contribution < 1.29 is 8.78 Å². The van der Waals surface area contributed by atoms with E-state index >= 15 is 0 Å². The zero-order chi connectivity index (χ0) is 14.2. The molecule has 3 unspecified atom stereocenters. The Morgan fingerprint density at radius 3 is 2.32 bits per heavy atom. The molecule has 2 nitrogen and oxygen atoms in total. The Hall–Kier alpha value is -1.16. The van der Waals surface area contributed by atoms with E-state index in [2.05, 4.69) is 6.92 Å². The first-order valence-corrected chi connectivity index (χ1v) is 6.88. The number of halogens is 2. The zero-order valence-corrected chi connectivity index (χ0v) is 11.8. The number of hydrogen-bond donors (Lipinski definition) is 1. The van der Waals surface area contributed by atoms with Gasteiger partial charge in [-0.05, 0) is 50.3 Å². The van der Waals surface area contributed by atoms with E-state index in [1.165, 1.54) is 12.1 Å². The minimum atomic E-state index is -0.475. The minimum absolute atomic E-state index is 0.101. The van der Waals surface area contributed by atoms with Gasteiger partial charge in [-0.25, -0.2) is 8.78 Å². The molecule has 1 aliphatic rings. The Morgan fingerprint density at radius 2 is 1.89 bits per heavy atom. The molecule has 106 valence electrons. The molecule has 2 rings (SSSR count). The third kappa shape index (κ3) is 3.06. The highest BCUT2D eigenvalue weighted by Crippen LogP contribution is 2.33. The summed E-state index contributed by atoms with van der Waals surface area (Å²) in [6.07, 6.45) is 1.46. The molecule has 4 heteroatoms. The fourth-order valence-corrected chi connectivity index (χ4v) is 2.99. The van der Waals surface area contributed by atoms with Gasteiger partial charge in [0.25, 0.3) is 0 Å². The monoisotopic (exact) mass is 268 g/mol. The molecule has 0 amide bonds. The SMILES string of the molecule is CC(N)Cc1cc(F)c(N2CC(C)CC2C)c(F)c1.